The standard InChI is InChI=1S/C20H24N2O2/c1-2-7-18(8-3-1)24-19-14-20(23-16-19)9-12-22(13-10-20)15-17-6-4-5-11-21-17/h1-8,11,19H,9-10,12-16H2/t19-/m0/s1. The SMILES string of the molecule is c1ccc(O[C@@H]2COC3(CCN(Cc4ccccn4)CC3)C2)cc1. The molecule has 2 saturated heterocycles. The molecule has 0 bridgehead atoms. The molecule has 2 aromatic rings. The smallest absolute Gasteiger partial charge is 0.125 e. The van der Waals surface area contributed by atoms with Crippen LogP contribution in [0.5, 0.6) is 5.75 Å². The van der Waals surface area contributed by atoms with Gasteiger partial charge in [0.1, 0.15) is 11.9 Å². The average molecular weight is 324 g/mol. The van der Waals surface area contributed by atoms with Crippen molar-refractivity contribution in [3.63, 3.8) is 0 Å². The van der Waals surface area contributed by atoms with E-state index in [0.29, 0.717) is 6.61 Å². The summed E-state index contributed by atoms with van der Waals surface area (Å²) in [7, 11) is 0. The maximum atomic E-state index is 6.20. The number of nitrogens with zero attached hydrogens (tertiary/aromatic N) is 2. The minimum absolute atomic E-state index is 0.0140. The first kappa shape index (κ1) is 15.6. The van der Waals surface area contributed by atoms with E-state index in [1.807, 2.05) is 42.6 Å². The summed E-state index contributed by atoms with van der Waals surface area (Å²) in [6.07, 6.45) is 5.20. The number of hydrogen-bond acceptors (Lipinski definition) is 4. The lowest BCUT2D eigenvalue weighted by Crippen LogP contribution is -2.44. The van der Waals surface area contributed by atoms with Crippen LogP contribution < -0.4 is 4.74 Å². The van der Waals surface area contributed by atoms with Gasteiger partial charge in [-0.25, -0.2) is 0 Å². The first-order valence-corrected chi connectivity index (χ1v) is 8.79. The van der Waals surface area contributed by atoms with Gasteiger partial charge < -0.3 is 9.47 Å². The van der Waals surface area contributed by atoms with Crippen molar-refractivity contribution in [2.24, 2.45) is 0 Å². The van der Waals surface area contributed by atoms with Crippen LogP contribution in [0.3, 0.4) is 0 Å². The molecule has 2 fully saturated rings. The molecule has 0 unspecified atom stereocenters. The van der Waals surface area contributed by atoms with Gasteiger partial charge in [0.15, 0.2) is 0 Å². The van der Waals surface area contributed by atoms with Crippen molar-refractivity contribution in [1.82, 2.24) is 9.88 Å². The fourth-order valence-electron chi connectivity index (χ4n) is 3.76. The molecule has 0 saturated carbocycles. The third-order valence-electron chi connectivity index (χ3n) is 5.10. The number of para-hydroxylation sites is 1. The lowest BCUT2D eigenvalue weighted by Gasteiger charge is -2.38. The van der Waals surface area contributed by atoms with Gasteiger partial charge >= 0.3 is 0 Å². The zero-order valence-corrected chi connectivity index (χ0v) is 13.9. The summed E-state index contributed by atoms with van der Waals surface area (Å²) in [6, 6.07) is 16.2. The Hall–Kier alpha value is -1.91. The number of benzene rings is 1. The van der Waals surface area contributed by atoms with Gasteiger partial charge in [-0.15, -0.1) is 0 Å². The number of piperidine rings is 1. The normalized spacial score (nSPS) is 23.4. The molecule has 24 heavy (non-hydrogen) atoms. The molecule has 1 aromatic carbocycles. The minimum atomic E-state index is 0.0140. The van der Waals surface area contributed by atoms with Crippen LogP contribution >= 0.6 is 0 Å². The number of ether oxygens (including phenoxy) is 2. The van der Waals surface area contributed by atoms with Crippen LogP contribution in [0, 0.1) is 0 Å². The molecule has 2 aliphatic rings. The summed E-state index contributed by atoms with van der Waals surface area (Å²) < 4.78 is 12.3. The second-order valence-electron chi connectivity index (χ2n) is 6.85. The Kier molecular flexibility index (Phi) is 4.50. The van der Waals surface area contributed by atoms with Gasteiger partial charge in [0.25, 0.3) is 0 Å². The fourth-order valence-corrected chi connectivity index (χ4v) is 3.76. The van der Waals surface area contributed by atoms with Gasteiger partial charge in [0.2, 0.25) is 0 Å². The van der Waals surface area contributed by atoms with Gasteiger partial charge in [-0.3, -0.25) is 9.88 Å². The zero-order chi connectivity index (χ0) is 16.2. The molecule has 4 heteroatoms. The van der Waals surface area contributed by atoms with E-state index in [9.17, 15) is 0 Å². The van der Waals surface area contributed by atoms with E-state index in [1.54, 1.807) is 0 Å². The van der Waals surface area contributed by atoms with Gasteiger partial charge in [0.05, 0.1) is 17.9 Å². The fraction of sp³-hybridized carbons (Fsp3) is 0.450. The van der Waals surface area contributed by atoms with Crippen LogP contribution in [0.4, 0.5) is 0 Å². The van der Waals surface area contributed by atoms with Crippen molar-refractivity contribution >= 4 is 0 Å². The molecule has 2 aliphatic heterocycles. The highest BCUT2D eigenvalue weighted by Gasteiger charge is 2.43. The Bertz CT molecular complexity index is 639. The third kappa shape index (κ3) is 3.60. The second kappa shape index (κ2) is 6.91. The molecule has 1 atom stereocenters. The summed E-state index contributed by atoms with van der Waals surface area (Å²) >= 11 is 0. The summed E-state index contributed by atoms with van der Waals surface area (Å²) in [5, 5.41) is 0. The topological polar surface area (TPSA) is 34.6 Å². The van der Waals surface area contributed by atoms with Crippen molar-refractivity contribution in [2.75, 3.05) is 19.7 Å². The Morgan fingerprint density at radius 3 is 2.62 bits per heavy atom. The molecule has 3 heterocycles. The molecule has 0 radical (unpaired) electrons. The van der Waals surface area contributed by atoms with Gasteiger partial charge in [-0.1, -0.05) is 24.3 Å². The predicted molar refractivity (Wildman–Crippen MR) is 92.9 cm³/mol. The molecule has 0 amide bonds. The van der Waals surface area contributed by atoms with Gasteiger partial charge in [-0.2, -0.15) is 0 Å². The van der Waals surface area contributed by atoms with E-state index in [-0.39, 0.29) is 11.7 Å². The van der Waals surface area contributed by atoms with Gasteiger partial charge in [0, 0.05) is 32.3 Å². The third-order valence-corrected chi connectivity index (χ3v) is 5.10. The largest absolute Gasteiger partial charge is 0.488 e. The molecule has 0 aliphatic carbocycles. The van der Waals surface area contributed by atoms with Gasteiger partial charge in [-0.05, 0) is 37.1 Å². The van der Waals surface area contributed by atoms with E-state index in [1.165, 1.54) is 0 Å². The van der Waals surface area contributed by atoms with E-state index >= 15 is 0 Å². The van der Waals surface area contributed by atoms with Crippen molar-refractivity contribution < 1.29 is 9.47 Å². The van der Waals surface area contributed by atoms with Crippen molar-refractivity contribution in [3.05, 3.63) is 60.4 Å². The van der Waals surface area contributed by atoms with E-state index in [2.05, 4.69) is 22.0 Å². The van der Waals surface area contributed by atoms with Crippen LogP contribution in [0.25, 0.3) is 0 Å². The van der Waals surface area contributed by atoms with Crippen LogP contribution in [-0.4, -0.2) is 41.3 Å². The lowest BCUT2D eigenvalue weighted by molar-refractivity contribution is -0.0456. The quantitative estimate of drug-likeness (QED) is 0.864. The van der Waals surface area contributed by atoms with Crippen LogP contribution in [0.15, 0.2) is 54.7 Å². The summed E-state index contributed by atoms with van der Waals surface area (Å²) in [5.74, 6) is 0.940. The highest BCUT2D eigenvalue weighted by molar-refractivity contribution is 5.21. The maximum absolute atomic E-state index is 6.20. The molecular formula is C20H24N2O2. The zero-order valence-electron chi connectivity index (χ0n) is 13.9. The molecule has 4 nitrogen and oxygen atoms in total. The van der Waals surface area contributed by atoms with E-state index in [4.69, 9.17) is 9.47 Å². The van der Waals surface area contributed by atoms with Crippen LogP contribution in [0.1, 0.15) is 25.0 Å². The first-order chi connectivity index (χ1) is 11.8. The highest BCUT2D eigenvalue weighted by atomic mass is 16.6. The second-order valence-corrected chi connectivity index (χ2v) is 6.85. The number of rotatable bonds is 4. The predicted octanol–water partition coefficient (Wildman–Crippen LogP) is 3.28. The Morgan fingerprint density at radius 2 is 1.88 bits per heavy atom. The number of hydrogen-bond donors (Lipinski definition) is 0. The number of pyridine rings is 1. The number of likely N-dealkylation sites (tertiary alicyclic amines) is 1. The Balaban J connectivity index is 1.29. The maximum Gasteiger partial charge on any atom is 0.125 e. The molecule has 4 rings (SSSR count). The van der Waals surface area contributed by atoms with Crippen LogP contribution in [0.2, 0.25) is 0 Å². The monoisotopic (exact) mass is 324 g/mol. The van der Waals surface area contributed by atoms with Crippen molar-refractivity contribution in [1.29, 1.82) is 0 Å². The molecular weight excluding hydrogens is 300 g/mol. The lowest BCUT2D eigenvalue weighted by atomic mass is 9.88. The van der Waals surface area contributed by atoms with Crippen molar-refractivity contribution in [3.8, 4) is 5.75 Å². The van der Waals surface area contributed by atoms with E-state index < -0.39 is 0 Å². The molecule has 1 spiro atoms. The highest BCUT2D eigenvalue weighted by Crippen LogP contribution is 2.37. The Labute approximate surface area is 143 Å². The molecule has 126 valence electrons. The summed E-state index contributed by atoms with van der Waals surface area (Å²) in [4.78, 5) is 6.90. The summed E-state index contributed by atoms with van der Waals surface area (Å²) in [6.45, 7) is 3.76. The first-order valence-electron chi connectivity index (χ1n) is 8.79. The van der Waals surface area contributed by atoms with E-state index in [0.717, 1.165) is 50.3 Å². The molecule has 0 N–H and O–H groups in total. The van der Waals surface area contributed by atoms with Crippen LogP contribution in [-0.2, 0) is 11.3 Å². The Morgan fingerprint density at radius 1 is 1.08 bits per heavy atom. The average Bonchev–Trinajstić information content (AvgIpc) is 3.01. The minimum Gasteiger partial charge on any atom is -0.488 e. The summed E-state index contributed by atoms with van der Waals surface area (Å²) in [5.41, 5.74) is 1.16. The molecule has 1 aromatic heterocycles. The number of aromatic nitrogens is 1. The van der Waals surface area contributed by atoms with Crippen molar-refractivity contribution in [2.45, 2.75) is 37.5 Å².